The van der Waals surface area contributed by atoms with E-state index in [9.17, 15) is 10.1 Å². The molecule has 0 aromatic heterocycles. The number of halogens is 1. The van der Waals surface area contributed by atoms with Gasteiger partial charge < -0.3 is 10.2 Å². The average molecular weight is 350 g/mol. The minimum absolute atomic E-state index is 0.0408. The van der Waals surface area contributed by atoms with E-state index in [1.807, 2.05) is 43.1 Å². The van der Waals surface area contributed by atoms with Gasteiger partial charge >= 0.3 is 0 Å². The number of nitro benzene ring substituents is 1. The molecule has 0 heterocycles. The van der Waals surface area contributed by atoms with Crippen LogP contribution in [0.1, 0.15) is 11.1 Å². The Balaban J connectivity index is 2.07. The van der Waals surface area contributed by atoms with Crippen molar-refractivity contribution in [3.63, 3.8) is 0 Å². The zero-order valence-electron chi connectivity index (χ0n) is 12.7. The lowest BCUT2D eigenvalue weighted by Gasteiger charge is -2.21. The highest BCUT2D eigenvalue weighted by atomic mass is 35.5. The Morgan fingerprint density at radius 1 is 1.30 bits per heavy atom. The molecule has 0 saturated carbocycles. The van der Waals surface area contributed by atoms with Crippen LogP contribution < -0.4 is 5.32 Å². The fourth-order valence-electron chi connectivity index (χ4n) is 1.97. The summed E-state index contributed by atoms with van der Waals surface area (Å²) in [4.78, 5) is 12.2. The van der Waals surface area contributed by atoms with Gasteiger partial charge in [-0.15, -0.1) is 0 Å². The Morgan fingerprint density at radius 2 is 1.96 bits per heavy atom. The molecule has 2 rings (SSSR count). The lowest BCUT2D eigenvalue weighted by molar-refractivity contribution is -0.384. The van der Waals surface area contributed by atoms with Gasteiger partial charge in [0.05, 0.1) is 15.6 Å². The molecule has 2 aromatic rings. The van der Waals surface area contributed by atoms with Crippen molar-refractivity contribution in [3.8, 4) is 0 Å². The lowest BCUT2D eigenvalue weighted by Crippen LogP contribution is -2.30. The van der Waals surface area contributed by atoms with Crippen LogP contribution >= 0.6 is 23.8 Å². The van der Waals surface area contributed by atoms with E-state index in [4.69, 9.17) is 23.8 Å². The minimum Gasteiger partial charge on any atom is -0.348 e. The summed E-state index contributed by atoms with van der Waals surface area (Å²) in [7, 11) is 1.85. The molecule has 0 bridgehead atoms. The van der Waals surface area contributed by atoms with Gasteiger partial charge in [-0.1, -0.05) is 41.4 Å². The first-order chi connectivity index (χ1) is 10.9. The van der Waals surface area contributed by atoms with E-state index in [1.165, 1.54) is 23.8 Å². The van der Waals surface area contributed by atoms with Crippen LogP contribution in [0.3, 0.4) is 0 Å². The number of benzene rings is 2. The molecule has 0 unspecified atom stereocenters. The quantitative estimate of drug-likeness (QED) is 0.504. The highest BCUT2D eigenvalue weighted by Crippen LogP contribution is 2.27. The maximum absolute atomic E-state index is 10.8. The van der Waals surface area contributed by atoms with Crippen molar-refractivity contribution in [2.24, 2.45) is 0 Å². The van der Waals surface area contributed by atoms with Crippen LogP contribution in [0.2, 0.25) is 5.02 Å². The van der Waals surface area contributed by atoms with E-state index in [-0.39, 0.29) is 5.69 Å². The summed E-state index contributed by atoms with van der Waals surface area (Å²) in [5.74, 6) is 0. The normalized spacial score (nSPS) is 10.2. The highest BCUT2D eigenvalue weighted by molar-refractivity contribution is 7.80. The molecular weight excluding hydrogens is 334 g/mol. The third-order valence-electron chi connectivity index (χ3n) is 3.29. The summed E-state index contributed by atoms with van der Waals surface area (Å²) in [5.41, 5.74) is 2.69. The van der Waals surface area contributed by atoms with Crippen molar-refractivity contribution in [1.82, 2.24) is 4.90 Å². The van der Waals surface area contributed by atoms with Crippen LogP contribution in [0.5, 0.6) is 0 Å². The van der Waals surface area contributed by atoms with Crippen molar-refractivity contribution in [1.29, 1.82) is 0 Å². The largest absolute Gasteiger partial charge is 0.348 e. The molecule has 0 amide bonds. The third-order valence-corrected chi connectivity index (χ3v) is 4.03. The first-order valence-electron chi connectivity index (χ1n) is 6.88. The molecule has 5 nitrogen and oxygen atoms in total. The van der Waals surface area contributed by atoms with Crippen LogP contribution in [0.15, 0.2) is 42.5 Å². The Bertz CT molecular complexity index is 735. The average Bonchev–Trinajstić information content (AvgIpc) is 2.51. The van der Waals surface area contributed by atoms with Gasteiger partial charge in [0.15, 0.2) is 5.11 Å². The molecule has 0 radical (unpaired) electrons. The molecule has 0 aliphatic rings. The van der Waals surface area contributed by atoms with Crippen molar-refractivity contribution < 1.29 is 4.92 Å². The van der Waals surface area contributed by atoms with Crippen LogP contribution in [0.25, 0.3) is 0 Å². The fourth-order valence-corrected chi connectivity index (χ4v) is 2.31. The second-order valence-electron chi connectivity index (χ2n) is 5.19. The van der Waals surface area contributed by atoms with Crippen molar-refractivity contribution >= 4 is 40.3 Å². The van der Waals surface area contributed by atoms with Gasteiger partial charge in [0.1, 0.15) is 0 Å². The van der Waals surface area contributed by atoms with Crippen molar-refractivity contribution in [2.45, 2.75) is 13.5 Å². The van der Waals surface area contributed by atoms with E-state index in [2.05, 4.69) is 5.32 Å². The molecule has 0 aliphatic carbocycles. The second-order valence-corrected chi connectivity index (χ2v) is 5.99. The summed E-state index contributed by atoms with van der Waals surface area (Å²) in [6.07, 6.45) is 0. The predicted octanol–water partition coefficient (Wildman–Crippen LogP) is 4.39. The molecule has 0 spiro atoms. The Labute approximate surface area is 145 Å². The SMILES string of the molecule is Cc1ccc(CN(C)C(=S)Nc2cc([N+](=O)[O-])ccc2Cl)cc1. The molecule has 120 valence electrons. The lowest BCUT2D eigenvalue weighted by atomic mass is 10.1. The number of nitrogens with zero attached hydrogens (tertiary/aromatic N) is 2. The smallest absolute Gasteiger partial charge is 0.271 e. The maximum Gasteiger partial charge on any atom is 0.271 e. The second kappa shape index (κ2) is 7.39. The molecule has 2 aromatic carbocycles. The number of non-ortho nitro benzene ring substituents is 1. The van der Waals surface area contributed by atoms with E-state index >= 15 is 0 Å². The van der Waals surface area contributed by atoms with Crippen molar-refractivity contribution in [2.75, 3.05) is 12.4 Å². The monoisotopic (exact) mass is 349 g/mol. The highest BCUT2D eigenvalue weighted by Gasteiger charge is 2.12. The summed E-state index contributed by atoms with van der Waals surface area (Å²) in [5, 5.41) is 14.6. The first kappa shape index (κ1) is 17.2. The summed E-state index contributed by atoms with van der Waals surface area (Å²) in [6.45, 7) is 2.66. The first-order valence-corrected chi connectivity index (χ1v) is 7.67. The number of nitro groups is 1. The molecular formula is C16H16ClN3O2S. The zero-order chi connectivity index (χ0) is 17.0. The van der Waals surface area contributed by atoms with E-state index < -0.39 is 4.92 Å². The number of aryl methyl sites for hydroxylation is 1. The minimum atomic E-state index is -0.472. The Kier molecular flexibility index (Phi) is 5.52. The summed E-state index contributed by atoms with van der Waals surface area (Å²) < 4.78 is 0. The fraction of sp³-hybridized carbons (Fsp3) is 0.188. The number of anilines is 1. The van der Waals surface area contributed by atoms with Crippen LogP contribution in [0.4, 0.5) is 11.4 Å². The molecule has 0 fully saturated rings. The van der Waals surface area contributed by atoms with E-state index in [1.54, 1.807) is 0 Å². The van der Waals surface area contributed by atoms with E-state index in [0.29, 0.717) is 22.4 Å². The number of nitrogens with one attached hydrogen (secondary N) is 1. The van der Waals surface area contributed by atoms with Gasteiger partial charge in [-0.2, -0.15) is 0 Å². The Hall–Kier alpha value is -2.18. The number of hydrogen-bond acceptors (Lipinski definition) is 3. The topological polar surface area (TPSA) is 58.4 Å². The predicted molar refractivity (Wildman–Crippen MR) is 97.0 cm³/mol. The summed E-state index contributed by atoms with van der Waals surface area (Å²) >= 11 is 11.4. The molecule has 0 atom stereocenters. The molecule has 7 heteroatoms. The molecule has 0 saturated heterocycles. The van der Waals surface area contributed by atoms with Crippen LogP contribution in [0, 0.1) is 17.0 Å². The van der Waals surface area contributed by atoms with Crippen LogP contribution in [-0.4, -0.2) is 22.0 Å². The number of hydrogen-bond donors (Lipinski definition) is 1. The van der Waals surface area contributed by atoms with Gasteiger partial charge in [-0.25, -0.2) is 0 Å². The molecule has 1 N–H and O–H groups in total. The van der Waals surface area contributed by atoms with E-state index in [0.717, 1.165) is 5.56 Å². The summed E-state index contributed by atoms with van der Waals surface area (Å²) in [6, 6.07) is 12.4. The van der Waals surface area contributed by atoms with Crippen LogP contribution in [-0.2, 0) is 6.54 Å². The maximum atomic E-state index is 10.8. The molecule has 0 aliphatic heterocycles. The van der Waals surface area contributed by atoms with Crippen molar-refractivity contribution in [3.05, 3.63) is 68.7 Å². The number of thiocarbonyl (C=S) groups is 1. The molecule has 23 heavy (non-hydrogen) atoms. The zero-order valence-corrected chi connectivity index (χ0v) is 14.3. The van der Waals surface area contributed by atoms with Gasteiger partial charge in [0, 0.05) is 25.7 Å². The van der Waals surface area contributed by atoms with Gasteiger partial charge in [0.2, 0.25) is 0 Å². The standard InChI is InChI=1S/C16H16ClN3O2S/c1-11-3-5-12(6-4-11)10-19(2)16(23)18-15-9-13(20(21)22)7-8-14(15)17/h3-9H,10H2,1-2H3,(H,18,23). The number of rotatable bonds is 4. The van der Waals surface area contributed by atoms with Gasteiger partial charge in [-0.3, -0.25) is 10.1 Å². The third kappa shape index (κ3) is 4.64. The van der Waals surface area contributed by atoms with Gasteiger partial charge in [0.25, 0.3) is 5.69 Å². The Morgan fingerprint density at radius 3 is 2.57 bits per heavy atom. The van der Waals surface area contributed by atoms with Gasteiger partial charge in [-0.05, 0) is 30.8 Å².